The monoisotopic (exact) mass is 932 g/mol. The lowest BCUT2D eigenvalue weighted by molar-refractivity contribution is -0.141. The fourth-order valence-electron chi connectivity index (χ4n) is 6.99. The molecule has 2 aliphatic rings. The van der Waals surface area contributed by atoms with Crippen molar-refractivity contribution in [2.45, 2.75) is 128 Å². The Labute approximate surface area is 375 Å². The Morgan fingerprint density at radius 3 is 1.26 bits per heavy atom. The van der Waals surface area contributed by atoms with E-state index in [9.17, 15) is 55.7 Å². The number of alkyl halides is 6. The lowest BCUT2D eigenvalue weighted by Crippen LogP contribution is -2.47. The number of aliphatic hydroxyl groups excluding tert-OH is 2. The third-order valence-corrected chi connectivity index (χ3v) is 10.0. The van der Waals surface area contributed by atoms with Crippen LogP contribution in [0.5, 0.6) is 0 Å². The highest BCUT2D eigenvalue weighted by atomic mass is 19.4. The molecule has 22 heteroatoms. The number of hydrogen-bond donors (Lipinski definition) is 2. The zero-order valence-corrected chi connectivity index (χ0v) is 36.9. The quantitative estimate of drug-likeness (QED) is 0.156. The zero-order valence-electron chi connectivity index (χ0n) is 36.9. The number of halogens is 6. The van der Waals surface area contributed by atoms with Gasteiger partial charge in [-0.2, -0.15) is 26.3 Å². The number of aliphatic hydroxyl groups is 2. The van der Waals surface area contributed by atoms with Crippen LogP contribution in [0.3, 0.4) is 0 Å². The van der Waals surface area contributed by atoms with Gasteiger partial charge in [-0.05, 0) is 104 Å². The maximum Gasteiger partial charge on any atom is 0.433 e. The molecule has 2 aliphatic heterocycles. The number of aryl methyl sites for hydroxylation is 2. The average molecular weight is 933 g/mol. The van der Waals surface area contributed by atoms with Crippen LogP contribution in [0.25, 0.3) is 22.5 Å². The molecule has 0 unspecified atom stereocenters. The third kappa shape index (κ3) is 13.9. The van der Waals surface area contributed by atoms with Crippen molar-refractivity contribution >= 4 is 23.8 Å². The predicted octanol–water partition coefficient (Wildman–Crippen LogP) is 6.86. The summed E-state index contributed by atoms with van der Waals surface area (Å²) in [5.74, 6) is -0.663. The van der Waals surface area contributed by atoms with E-state index in [2.05, 4.69) is 29.9 Å². The van der Waals surface area contributed by atoms with Crippen molar-refractivity contribution in [1.82, 2.24) is 39.7 Å². The number of carbonyl (C=O) groups is 4. The van der Waals surface area contributed by atoms with E-state index in [0.29, 0.717) is 33.9 Å². The highest BCUT2D eigenvalue weighted by molar-refractivity contribution is 5.89. The molecule has 0 aromatic carbocycles. The number of ketones is 2. The van der Waals surface area contributed by atoms with Crippen LogP contribution in [0.1, 0.15) is 90.0 Å². The first-order valence-corrected chi connectivity index (χ1v) is 20.8. The summed E-state index contributed by atoms with van der Waals surface area (Å²) in [6, 6.07) is 5.39. The Morgan fingerprint density at radius 2 is 0.955 bits per heavy atom. The normalized spacial score (nSPS) is 18.9. The van der Waals surface area contributed by atoms with Gasteiger partial charge < -0.3 is 19.7 Å². The molecule has 0 bridgehead atoms. The number of nitrogens with zero attached hydrogens (tertiary/aromatic N) is 8. The molecule has 2 fully saturated rings. The van der Waals surface area contributed by atoms with Crippen LogP contribution in [0.15, 0.2) is 61.4 Å². The van der Waals surface area contributed by atoms with Gasteiger partial charge in [-0.1, -0.05) is 0 Å². The van der Waals surface area contributed by atoms with E-state index in [0.717, 1.165) is 24.5 Å². The number of rotatable bonds is 10. The molecule has 66 heavy (non-hydrogen) atoms. The van der Waals surface area contributed by atoms with Gasteiger partial charge in [0.2, 0.25) is 0 Å². The van der Waals surface area contributed by atoms with Crippen LogP contribution >= 0.6 is 0 Å². The number of aromatic nitrogens is 6. The summed E-state index contributed by atoms with van der Waals surface area (Å²) in [5.41, 5.74) is -1.01. The lowest BCUT2D eigenvalue weighted by atomic mass is 10.0. The first kappa shape index (κ1) is 50.8. The van der Waals surface area contributed by atoms with Gasteiger partial charge in [-0.3, -0.25) is 29.4 Å². The minimum Gasteiger partial charge on any atom is -0.444 e. The standard InChI is InChI=1S/2C22H25F3N4O4/c2*1-21(2,3)33-20(32)29-9-8-17(31)19(29)16(30)6-5-14-10-15(28-12-27-14)13-4-7-18(26-11-13)22(23,24)25/h2*4,7,10-12,17,19,31H,5-6,8-9H2,1-3H3/t17-,19+;17-,19-/m01/s1. The van der Waals surface area contributed by atoms with E-state index in [4.69, 9.17) is 9.47 Å². The number of likely N-dealkylation sites (tertiary alicyclic amines) is 2. The molecule has 4 aromatic rings. The maximum absolute atomic E-state index is 12.8. The molecule has 0 aliphatic carbocycles. The Kier molecular flexibility index (Phi) is 15.8. The van der Waals surface area contributed by atoms with Crippen LogP contribution in [0.2, 0.25) is 0 Å². The summed E-state index contributed by atoms with van der Waals surface area (Å²) >= 11 is 0. The highest BCUT2D eigenvalue weighted by Gasteiger charge is 2.43. The summed E-state index contributed by atoms with van der Waals surface area (Å²) in [6.45, 7) is 10.7. The van der Waals surface area contributed by atoms with E-state index >= 15 is 0 Å². The molecule has 0 spiro atoms. The van der Waals surface area contributed by atoms with Crippen molar-refractivity contribution in [2.24, 2.45) is 0 Å². The minimum atomic E-state index is -4.53. The van der Waals surface area contributed by atoms with Crippen LogP contribution in [-0.2, 0) is 44.3 Å². The highest BCUT2D eigenvalue weighted by Crippen LogP contribution is 2.31. The third-order valence-electron chi connectivity index (χ3n) is 10.0. The summed E-state index contributed by atoms with van der Waals surface area (Å²) in [7, 11) is 0. The first-order chi connectivity index (χ1) is 30.7. The van der Waals surface area contributed by atoms with Gasteiger partial charge >= 0.3 is 24.5 Å². The molecular formula is C44H50F6N8O8. The summed E-state index contributed by atoms with van der Waals surface area (Å²) in [4.78, 5) is 76.2. The number of Topliss-reactive ketones (excluding diaryl/α,β-unsaturated/α-hetero) is 2. The van der Waals surface area contributed by atoms with Crippen molar-refractivity contribution in [3.8, 4) is 22.5 Å². The lowest BCUT2D eigenvalue weighted by Gasteiger charge is -2.28. The number of carbonyl (C=O) groups excluding carboxylic acids is 4. The van der Waals surface area contributed by atoms with Gasteiger partial charge in [0.1, 0.15) is 47.3 Å². The maximum atomic E-state index is 12.8. The van der Waals surface area contributed by atoms with Gasteiger partial charge in [0.05, 0.1) is 23.6 Å². The van der Waals surface area contributed by atoms with E-state index in [1.165, 1.54) is 34.6 Å². The Bertz CT molecular complexity index is 2170. The van der Waals surface area contributed by atoms with Gasteiger partial charge in [-0.25, -0.2) is 29.5 Å². The summed E-state index contributed by atoms with van der Waals surface area (Å²) < 4.78 is 86.9. The molecule has 2 saturated heterocycles. The van der Waals surface area contributed by atoms with E-state index in [-0.39, 0.29) is 63.2 Å². The molecule has 4 atom stereocenters. The van der Waals surface area contributed by atoms with Crippen LogP contribution in [0.4, 0.5) is 35.9 Å². The van der Waals surface area contributed by atoms with Crippen molar-refractivity contribution in [1.29, 1.82) is 0 Å². The second-order valence-electron chi connectivity index (χ2n) is 17.5. The van der Waals surface area contributed by atoms with Gasteiger partial charge in [0.15, 0.2) is 11.6 Å². The van der Waals surface area contributed by atoms with Crippen LogP contribution in [0, 0.1) is 0 Å². The Hall–Kier alpha value is -6.16. The number of pyridine rings is 2. The molecule has 2 N–H and O–H groups in total. The summed E-state index contributed by atoms with van der Waals surface area (Å²) in [5, 5.41) is 20.5. The molecule has 2 amide bonds. The molecule has 6 heterocycles. The van der Waals surface area contributed by atoms with Crippen molar-refractivity contribution in [3.05, 3.63) is 84.2 Å². The van der Waals surface area contributed by atoms with E-state index < -0.39 is 71.4 Å². The van der Waals surface area contributed by atoms with Crippen molar-refractivity contribution in [3.63, 3.8) is 0 Å². The van der Waals surface area contributed by atoms with Crippen molar-refractivity contribution < 1.29 is 65.2 Å². The number of amides is 2. The molecule has 356 valence electrons. The van der Waals surface area contributed by atoms with Crippen LogP contribution in [-0.4, -0.2) is 122 Å². The Morgan fingerprint density at radius 1 is 0.591 bits per heavy atom. The Balaban J connectivity index is 0.000000247. The zero-order chi connectivity index (χ0) is 48.8. The number of ether oxygens (including phenoxy) is 2. The molecule has 0 saturated carbocycles. The molecule has 0 radical (unpaired) electrons. The number of hydrogen-bond acceptors (Lipinski definition) is 14. The van der Waals surface area contributed by atoms with Gasteiger partial charge in [-0.15, -0.1) is 0 Å². The minimum absolute atomic E-state index is 0.00272. The SMILES string of the molecule is CC(C)(C)OC(=O)N1CC[C@@H](O)[C@H]1C(=O)CCc1cc(-c2ccc(C(F)(F)F)nc2)ncn1.CC(C)(C)OC(=O)N1CC[C@H](O)[C@H]1C(=O)CCc1cc(-c2ccc(C(F)(F)F)nc2)ncn1. The van der Waals surface area contributed by atoms with Gasteiger partial charge in [0.25, 0.3) is 0 Å². The van der Waals surface area contributed by atoms with Gasteiger partial charge in [0, 0.05) is 60.8 Å². The predicted molar refractivity (Wildman–Crippen MR) is 222 cm³/mol. The fourth-order valence-corrected chi connectivity index (χ4v) is 6.99. The van der Waals surface area contributed by atoms with Crippen LogP contribution < -0.4 is 0 Å². The second kappa shape index (κ2) is 20.6. The van der Waals surface area contributed by atoms with E-state index in [1.54, 1.807) is 53.7 Å². The first-order valence-electron chi connectivity index (χ1n) is 20.8. The molecule has 16 nitrogen and oxygen atoms in total. The fraction of sp³-hybridized carbons (Fsp3) is 0.500. The summed E-state index contributed by atoms with van der Waals surface area (Å²) in [6.07, 6.45) is -6.73. The van der Waals surface area contributed by atoms with Crippen molar-refractivity contribution in [2.75, 3.05) is 13.1 Å². The molecular weight excluding hydrogens is 883 g/mol. The van der Waals surface area contributed by atoms with E-state index in [1.807, 2.05) is 0 Å². The molecule has 4 aromatic heterocycles. The smallest absolute Gasteiger partial charge is 0.433 e. The average Bonchev–Trinajstić information content (AvgIpc) is 3.83. The molecule has 6 rings (SSSR count). The largest absolute Gasteiger partial charge is 0.444 e. The topological polar surface area (TPSA) is 211 Å². The second-order valence-corrected chi connectivity index (χ2v) is 17.5.